The molecular weight excluding hydrogens is 376 g/mol. The molecule has 1 heterocycles. The SMILES string of the molecule is CC(=O)Nc1ccc(/C=C/C(=O)N(C)Cc2cc(Br)cs2)cc1. The van der Waals surface area contributed by atoms with Crippen LogP contribution in [0.1, 0.15) is 17.4 Å². The van der Waals surface area contributed by atoms with Gasteiger partial charge in [-0.1, -0.05) is 12.1 Å². The number of rotatable bonds is 5. The van der Waals surface area contributed by atoms with Gasteiger partial charge < -0.3 is 10.2 Å². The van der Waals surface area contributed by atoms with Gasteiger partial charge in [0.15, 0.2) is 0 Å². The predicted molar refractivity (Wildman–Crippen MR) is 98.3 cm³/mol. The Kier molecular flexibility index (Phi) is 6.12. The number of thiophene rings is 1. The van der Waals surface area contributed by atoms with E-state index >= 15 is 0 Å². The minimum atomic E-state index is -0.106. The molecule has 1 N–H and O–H groups in total. The normalized spacial score (nSPS) is 10.7. The molecule has 0 aliphatic rings. The lowest BCUT2D eigenvalue weighted by Gasteiger charge is -2.13. The molecule has 1 aromatic heterocycles. The molecule has 0 fully saturated rings. The Balaban J connectivity index is 1.93. The summed E-state index contributed by atoms with van der Waals surface area (Å²) in [6.45, 7) is 2.05. The Morgan fingerprint density at radius 3 is 2.57 bits per heavy atom. The first-order chi connectivity index (χ1) is 10.9. The molecule has 120 valence electrons. The topological polar surface area (TPSA) is 49.4 Å². The Labute approximate surface area is 147 Å². The second kappa shape index (κ2) is 8.08. The van der Waals surface area contributed by atoms with Gasteiger partial charge >= 0.3 is 0 Å². The second-order valence-corrected chi connectivity index (χ2v) is 6.97. The van der Waals surface area contributed by atoms with Crippen LogP contribution >= 0.6 is 27.3 Å². The summed E-state index contributed by atoms with van der Waals surface area (Å²) >= 11 is 5.02. The summed E-state index contributed by atoms with van der Waals surface area (Å²) in [5, 5.41) is 4.70. The zero-order valence-electron chi connectivity index (χ0n) is 12.9. The molecule has 0 unspecified atom stereocenters. The number of hydrogen-bond donors (Lipinski definition) is 1. The van der Waals surface area contributed by atoms with Crippen LogP contribution in [-0.2, 0) is 16.1 Å². The van der Waals surface area contributed by atoms with Gasteiger partial charge in [0, 0.05) is 40.5 Å². The fourth-order valence-corrected chi connectivity index (χ4v) is 3.43. The molecule has 0 aliphatic carbocycles. The van der Waals surface area contributed by atoms with Crippen LogP contribution in [0.15, 0.2) is 46.3 Å². The first-order valence-corrected chi connectivity index (χ1v) is 8.65. The van der Waals surface area contributed by atoms with E-state index in [1.807, 2.05) is 23.6 Å². The van der Waals surface area contributed by atoms with Crippen molar-refractivity contribution in [2.24, 2.45) is 0 Å². The number of benzene rings is 1. The Morgan fingerprint density at radius 2 is 2.00 bits per heavy atom. The van der Waals surface area contributed by atoms with Gasteiger partial charge in [-0.05, 0) is 45.8 Å². The van der Waals surface area contributed by atoms with Crippen molar-refractivity contribution in [3.63, 3.8) is 0 Å². The smallest absolute Gasteiger partial charge is 0.246 e. The molecule has 0 bridgehead atoms. The Bertz CT molecular complexity index is 722. The van der Waals surface area contributed by atoms with Gasteiger partial charge in [-0.25, -0.2) is 0 Å². The molecule has 4 nitrogen and oxygen atoms in total. The zero-order chi connectivity index (χ0) is 16.8. The highest BCUT2D eigenvalue weighted by molar-refractivity contribution is 9.10. The summed E-state index contributed by atoms with van der Waals surface area (Å²) in [5.41, 5.74) is 1.64. The van der Waals surface area contributed by atoms with Crippen LogP contribution in [0.4, 0.5) is 5.69 Å². The maximum absolute atomic E-state index is 12.1. The first kappa shape index (κ1) is 17.4. The zero-order valence-corrected chi connectivity index (χ0v) is 15.3. The van der Waals surface area contributed by atoms with Crippen molar-refractivity contribution >= 4 is 50.8 Å². The van der Waals surface area contributed by atoms with Gasteiger partial charge in [0.1, 0.15) is 0 Å². The molecule has 2 rings (SSSR count). The second-order valence-electron chi connectivity index (χ2n) is 5.06. The molecular formula is C17H17BrN2O2S. The molecule has 1 aromatic carbocycles. The number of carbonyl (C=O) groups excluding carboxylic acids is 2. The quantitative estimate of drug-likeness (QED) is 0.777. The number of hydrogen-bond acceptors (Lipinski definition) is 3. The highest BCUT2D eigenvalue weighted by Crippen LogP contribution is 2.21. The lowest BCUT2D eigenvalue weighted by molar-refractivity contribution is -0.125. The van der Waals surface area contributed by atoms with Crippen molar-refractivity contribution in [2.75, 3.05) is 12.4 Å². The molecule has 0 atom stereocenters. The van der Waals surface area contributed by atoms with Gasteiger partial charge in [-0.15, -0.1) is 11.3 Å². The highest BCUT2D eigenvalue weighted by Gasteiger charge is 2.07. The maximum atomic E-state index is 12.1. The third kappa shape index (κ3) is 5.65. The van der Waals surface area contributed by atoms with Crippen LogP contribution in [0.2, 0.25) is 0 Å². The van der Waals surface area contributed by atoms with E-state index in [0.29, 0.717) is 6.54 Å². The van der Waals surface area contributed by atoms with Crippen molar-refractivity contribution in [3.05, 3.63) is 56.7 Å². The molecule has 23 heavy (non-hydrogen) atoms. The number of nitrogens with zero attached hydrogens (tertiary/aromatic N) is 1. The summed E-state index contributed by atoms with van der Waals surface area (Å²) in [5.74, 6) is -0.161. The number of halogens is 1. The minimum Gasteiger partial charge on any atom is -0.337 e. The first-order valence-electron chi connectivity index (χ1n) is 6.98. The monoisotopic (exact) mass is 392 g/mol. The standard InChI is InChI=1S/C17H17BrN2O2S/c1-12(21)19-15-6-3-13(4-7-15)5-8-17(22)20(2)10-16-9-14(18)11-23-16/h3-9,11H,10H2,1-2H3,(H,19,21)/b8-5+. The summed E-state index contributed by atoms with van der Waals surface area (Å²) < 4.78 is 1.04. The van der Waals surface area contributed by atoms with Gasteiger partial charge in [0.05, 0.1) is 6.54 Å². The molecule has 0 saturated carbocycles. The minimum absolute atomic E-state index is 0.0551. The van der Waals surface area contributed by atoms with E-state index in [0.717, 1.165) is 20.6 Å². The number of amides is 2. The third-order valence-corrected chi connectivity index (χ3v) is 4.72. The molecule has 0 radical (unpaired) electrons. The van der Waals surface area contributed by atoms with Crippen LogP contribution in [0.3, 0.4) is 0 Å². The lowest BCUT2D eigenvalue weighted by Crippen LogP contribution is -2.23. The van der Waals surface area contributed by atoms with Gasteiger partial charge in [0.2, 0.25) is 11.8 Å². The van der Waals surface area contributed by atoms with Crippen LogP contribution in [-0.4, -0.2) is 23.8 Å². The number of anilines is 1. The third-order valence-electron chi connectivity index (χ3n) is 3.04. The van der Waals surface area contributed by atoms with Crippen molar-refractivity contribution in [1.29, 1.82) is 0 Å². The Morgan fingerprint density at radius 1 is 1.30 bits per heavy atom. The van der Waals surface area contributed by atoms with Crippen LogP contribution in [0.5, 0.6) is 0 Å². The van der Waals surface area contributed by atoms with Gasteiger partial charge in [-0.3, -0.25) is 9.59 Å². The molecule has 2 aromatic rings. The molecule has 6 heteroatoms. The van der Waals surface area contributed by atoms with Crippen molar-refractivity contribution in [1.82, 2.24) is 4.90 Å². The summed E-state index contributed by atoms with van der Waals surface area (Å²) in [6.07, 6.45) is 3.32. The van der Waals surface area contributed by atoms with Crippen molar-refractivity contribution < 1.29 is 9.59 Å². The molecule has 0 spiro atoms. The lowest BCUT2D eigenvalue weighted by atomic mass is 10.2. The number of carbonyl (C=O) groups is 2. The van der Waals surface area contributed by atoms with Gasteiger partial charge in [-0.2, -0.15) is 0 Å². The van der Waals surface area contributed by atoms with E-state index in [1.165, 1.54) is 6.92 Å². The average molecular weight is 393 g/mol. The van der Waals surface area contributed by atoms with E-state index in [-0.39, 0.29) is 11.8 Å². The predicted octanol–water partition coefficient (Wildman–Crippen LogP) is 4.14. The largest absolute Gasteiger partial charge is 0.337 e. The number of likely N-dealkylation sites (N-methyl/N-ethyl adjacent to an activating group) is 1. The Hall–Kier alpha value is -1.92. The molecule has 0 aliphatic heterocycles. The summed E-state index contributed by atoms with van der Waals surface area (Å²) in [4.78, 5) is 25.9. The summed E-state index contributed by atoms with van der Waals surface area (Å²) in [6, 6.07) is 9.33. The van der Waals surface area contributed by atoms with Crippen LogP contribution < -0.4 is 5.32 Å². The fraction of sp³-hybridized carbons (Fsp3) is 0.176. The fourth-order valence-electron chi connectivity index (χ4n) is 1.92. The van der Waals surface area contributed by atoms with Gasteiger partial charge in [0.25, 0.3) is 0 Å². The maximum Gasteiger partial charge on any atom is 0.246 e. The van der Waals surface area contributed by atoms with Crippen molar-refractivity contribution in [3.8, 4) is 0 Å². The van der Waals surface area contributed by atoms with Crippen LogP contribution in [0.25, 0.3) is 6.08 Å². The molecule has 2 amide bonds. The van der Waals surface area contributed by atoms with Crippen LogP contribution in [0, 0.1) is 0 Å². The van der Waals surface area contributed by atoms with E-state index in [4.69, 9.17) is 0 Å². The highest BCUT2D eigenvalue weighted by atomic mass is 79.9. The number of nitrogens with one attached hydrogen (secondary N) is 1. The van der Waals surface area contributed by atoms with E-state index in [1.54, 1.807) is 47.6 Å². The average Bonchev–Trinajstić information content (AvgIpc) is 2.90. The van der Waals surface area contributed by atoms with E-state index in [9.17, 15) is 9.59 Å². The van der Waals surface area contributed by atoms with E-state index < -0.39 is 0 Å². The van der Waals surface area contributed by atoms with E-state index in [2.05, 4.69) is 21.2 Å². The summed E-state index contributed by atoms with van der Waals surface area (Å²) in [7, 11) is 1.78. The van der Waals surface area contributed by atoms with Crippen molar-refractivity contribution in [2.45, 2.75) is 13.5 Å². The molecule has 0 saturated heterocycles.